The minimum Gasteiger partial charge on any atom is -0.478 e. The Morgan fingerprint density at radius 3 is 2.63 bits per heavy atom. The minimum atomic E-state index is -1.13. The van der Waals surface area contributed by atoms with Crippen LogP contribution < -0.4 is 5.43 Å². The first kappa shape index (κ1) is 11.7. The van der Waals surface area contributed by atoms with Gasteiger partial charge in [-0.05, 0) is 24.3 Å². The van der Waals surface area contributed by atoms with Gasteiger partial charge in [-0.15, -0.1) is 0 Å². The summed E-state index contributed by atoms with van der Waals surface area (Å²) in [5.41, 5.74) is 0.293. The van der Waals surface area contributed by atoms with Gasteiger partial charge >= 0.3 is 5.97 Å². The lowest BCUT2D eigenvalue weighted by Gasteiger charge is -2.04. The van der Waals surface area contributed by atoms with Crippen LogP contribution in [0.4, 0.5) is 0 Å². The fourth-order valence-electron chi connectivity index (χ4n) is 2.00. The average Bonchev–Trinajstić information content (AvgIpc) is 2.38. The van der Waals surface area contributed by atoms with E-state index >= 15 is 0 Å². The number of aromatic carboxylic acids is 1. The molecule has 19 heavy (non-hydrogen) atoms. The van der Waals surface area contributed by atoms with Crippen molar-refractivity contribution >= 4 is 39.5 Å². The number of rotatable bonds is 1. The smallest absolute Gasteiger partial charge is 0.335 e. The largest absolute Gasteiger partial charge is 0.478 e. The van der Waals surface area contributed by atoms with E-state index in [0.29, 0.717) is 11.0 Å². The number of hydrogen-bond acceptors (Lipinski definition) is 3. The predicted octanol–water partition coefficient (Wildman–Crippen LogP) is 3.30. The molecule has 0 unspecified atom stereocenters. The Kier molecular flexibility index (Phi) is 2.54. The highest BCUT2D eigenvalue weighted by molar-refractivity contribution is 6.35. The van der Waals surface area contributed by atoms with Crippen LogP contribution in [0.3, 0.4) is 0 Å². The summed E-state index contributed by atoms with van der Waals surface area (Å²) >= 11 is 5.99. The van der Waals surface area contributed by atoms with Gasteiger partial charge in [-0.3, -0.25) is 4.79 Å². The van der Waals surface area contributed by atoms with Gasteiger partial charge in [-0.1, -0.05) is 23.7 Å². The number of halogens is 1. The van der Waals surface area contributed by atoms with Crippen LogP contribution in [0.25, 0.3) is 21.9 Å². The Hall–Kier alpha value is -2.33. The first-order valence-corrected chi connectivity index (χ1v) is 5.84. The second kappa shape index (κ2) is 4.10. The normalized spacial score (nSPS) is 11.0. The maximum atomic E-state index is 12.3. The maximum Gasteiger partial charge on any atom is 0.335 e. The van der Waals surface area contributed by atoms with Gasteiger partial charge in [-0.2, -0.15) is 0 Å². The Morgan fingerprint density at radius 2 is 1.89 bits per heavy atom. The monoisotopic (exact) mass is 274 g/mol. The van der Waals surface area contributed by atoms with Crippen LogP contribution in [0.15, 0.2) is 45.6 Å². The van der Waals surface area contributed by atoms with Crippen molar-refractivity contribution in [2.24, 2.45) is 0 Å². The first-order chi connectivity index (χ1) is 9.08. The van der Waals surface area contributed by atoms with Crippen molar-refractivity contribution in [3.63, 3.8) is 0 Å². The molecule has 3 rings (SSSR count). The molecule has 0 fully saturated rings. The molecule has 1 heterocycles. The van der Waals surface area contributed by atoms with Gasteiger partial charge in [0.1, 0.15) is 11.2 Å². The third kappa shape index (κ3) is 1.77. The molecule has 2 aromatic carbocycles. The molecule has 1 N–H and O–H groups in total. The van der Waals surface area contributed by atoms with E-state index < -0.39 is 5.97 Å². The first-order valence-electron chi connectivity index (χ1n) is 5.46. The van der Waals surface area contributed by atoms with E-state index in [0.717, 1.165) is 0 Å². The number of para-hydroxylation sites is 1. The molecule has 0 amide bonds. The molecule has 0 aliphatic carbocycles. The molecule has 4 nitrogen and oxygen atoms in total. The van der Waals surface area contributed by atoms with E-state index in [1.54, 1.807) is 24.3 Å². The van der Waals surface area contributed by atoms with E-state index in [4.69, 9.17) is 21.1 Å². The number of hydrogen-bond donors (Lipinski definition) is 1. The molecular weight excluding hydrogens is 268 g/mol. The van der Waals surface area contributed by atoms with Crippen LogP contribution >= 0.6 is 11.6 Å². The maximum absolute atomic E-state index is 12.3. The Balaban J connectivity index is 2.54. The van der Waals surface area contributed by atoms with E-state index in [9.17, 15) is 9.59 Å². The number of fused-ring (bicyclic) bond motifs is 2. The summed E-state index contributed by atoms with van der Waals surface area (Å²) in [7, 11) is 0. The predicted molar refractivity (Wildman–Crippen MR) is 72.0 cm³/mol. The van der Waals surface area contributed by atoms with Crippen LogP contribution in [0.5, 0.6) is 0 Å². The van der Waals surface area contributed by atoms with E-state index in [1.807, 2.05) is 0 Å². The Labute approximate surface area is 111 Å². The van der Waals surface area contributed by atoms with Crippen molar-refractivity contribution in [2.45, 2.75) is 0 Å². The number of carboxylic acid groups (broad SMARTS) is 1. The van der Waals surface area contributed by atoms with Crippen LogP contribution in [-0.4, -0.2) is 11.1 Å². The van der Waals surface area contributed by atoms with Gasteiger partial charge in [0, 0.05) is 0 Å². The van der Waals surface area contributed by atoms with Crippen LogP contribution in [0, 0.1) is 0 Å². The summed E-state index contributed by atoms with van der Waals surface area (Å²) < 4.78 is 5.55. The highest BCUT2D eigenvalue weighted by atomic mass is 35.5. The van der Waals surface area contributed by atoms with Crippen molar-refractivity contribution < 1.29 is 14.3 Å². The van der Waals surface area contributed by atoms with Gasteiger partial charge < -0.3 is 9.52 Å². The minimum absolute atomic E-state index is 0.0177. The summed E-state index contributed by atoms with van der Waals surface area (Å²) in [5, 5.41) is 9.67. The number of benzene rings is 2. The molecule has 0 saturated heterocycles. The van der Waals surface area contributed by atoms with Gasteiger partial charge in [-0.25, -0.2) is 4.79 Å². The van der Waals surface area contributed by atoms with Gasteiger partial charge in [0.2, 0.25) is 5.43 Å². The molecule has 0 saturated carbocycles. The Bertz CT molecular complexity index is 880. The third-order valence-corrected chi connectivity index (χ3v) is 3.18. The molecule has 0 spiro atoms. The summed E-state index contributed by atoms with van der Waals surface area (Å²) in [6.45, 7) is 0. The van der Waals surface area contributed by atoms with Crippen molar-refractivity contribution in [1.29, 1.82) is 0 Å². The fraction of sp³-hybridized carbons (Fsp3) is 0. The zero-order chi connectivity index (χ0) is 13.6. The lowest BCUT2D eigenvalue weighted by atomic mass is 10.1. The van der Waals surface area contributed by atoms with Crippen molar-refractivity contribution in [3.8, 4) is 0 Å². The molecule has 0 atom stereocenters. The second-order valence-corrected chi connectivity index (χ2v) is 4.47. The van der Waals surface area contributed by atoms with Gasteiger partial charge in [0.25, 0.3) is 0 Å². The molecule has 0 aliphatic heterocycles. The fourth-order valence-corrected chi connectivity index (χ4v) is 2.30. The molecule has 94 valence electrons. The molecular formula is C14H7ClO4. The van der Waals surface area contributed by atoms with Crippen molar-refractivity contribution in [2.75, 3.05) is 0 Å². The highest BCUT2D eigenvalue weighted by Crippen LogP contribution is 2.26. The van der Waals surface area contributed by atoms with Crippen molar-refractivity contribution in [3.05, 3.63) is 57.2 Å². The quantitative estimate of drug-likeness (QED) is 0.691. The van der Waals surface area contributed by atoms with Gasteiger partial charge in [0.15, 0.2) is 0 Å². The average molecular weight is 275 g/mol. The van der Waals surface area contributed by atoms with Crippen LogP contribution in [-0.2, 0) is 0 Å². The summed E-state index contributed by atoms with van der Waals surface area (Å²) in [5.74, 6) is -1.13. The van der Waals surface area contributed by atoms with E-state index in [2.05, 4.69) is 0 Å². The molecule has 1 aromatic heterocycles. The number of carboxylic acids is 1. The number of carbonyl (C=O) groups is 1. The SMILES string of the molecule is O=C(O)c1cc(Cl)c2c(=O)c3ccccc3oc2c1. The third-order valence-electron chi connectivity index (χ3n) is 2.88. The molecule has 5 heteroatoms. The standard InChI is InChI=1S/C14H7ClO4/c15-9-5-7(14(17)18)6-11-12(9)13(16)8-3-1-2-4-10(8)19-11/h1-6H,(H,17,18). The summed E-state index contributed by atoms with van der Waals surface area (Å²) in [4.78, 5) is 23.3. The van der Waals surface area contributed by atoms with Gasteiger partial charge in [0.05, 0.1) is 21.4 Å². The molecule has 3 aromatic rings. The Morgan fingerprint density at radius 1 is 1.16 bits per heavy atom. The topological polar surface area (TPSA) is 67.5 Å². The lowest BCUT2D eigenvalue weighted by molar-refractivity contribution is 0.0697. The highest BCUT2D eigenvalue weighted by Gasteiger charge is 2.14. The molecule has 0 radical (unpaired) electrons. The molecule has 0 aliphatic rings. The molecule has 0 bridgehead atoms. The summed E-state index contributed by atoms with van der Waals surface area (Å²) in [6, 6.07) is 9.30. The van der Waals surface area contributed by atoms with E-state index in [-0.39, 0.29) is 27.0 Å². The van der Waals surface area contributed by atoms with Crippen LogP contribution in [0.2, 0.25) is 5.02 Å². The lowest BCUT2D eigenvalue weighted by Crippen LogP contribution is -2.04. The second-order valence-electron chi connectivity index (χ2n) is 4.06. The van der Waals surface area contributed by atoms with E-state index in [1.165, 1.54) is 12.1 Å². The van der Waals surface area contributed by atoms with Crippen molar-refractivity contribution in [1.82, 2.24) is 0 Å². The summed E-state index contributed by atoms with van der Waals surface area (Å²) in [6.07, 6.45) is 0. The zero-order valence-corrected chi connectivity index (χ0v) is 10.3. The van der Waals surface area contributed by atoms with Crippen LogP contribution in [0.1, 0.15) is 10.4 Å². The zero-order valence-electron chi connectivity index (χ0n) is 9.51.